The lowest BCUT2D eigenvalue weighted by molar-refractivity contribution is -0.385. The van der Waals surface area contributed by atoms with Crippen LogP contribution in [0.3, 0.4) is 0 Å². The predicted octanol–water partition coefficient (Wildman–Crippen LogP) is 2.54. The Labute approximate surface area is 148 Å². The summed E-state index contributed by atoms with van der Waals surface area (Å²) >= 11 is 1.46. The lowest BCUT2D eigenvalue weighted by atomic mass is 9.97. The average Bonchev–Trinajstić information content (AvgIpc) is 3.09. The number of ether oxygens (including phenoxy) is 1. The van der Waals surface area contributed by atoms with Crippen molar-refractivity contribution in [1.29, 1.82) is 0 Å². The Morgan fingerprint density at radius 1 is 1.40 bits per heavy atom. The molecular formula is C16H18N4O4S. The molecule has 0 saturated carbocycles. The number of nitro groups is 1. The fourth-order valence-electron chi connectivity index (χ4n) is 2.67. The highest BCUT2D eigenvalue weighted by molar-refractivity contribution is 7.15. The molecule has 1 aromatic heterocycles. The zero-order valence-electron chi connectivity index (χ0n) is 13.4. The molecule has 0 bridgehead atoms. The number of amides is 1. The van der Waals surface area contributed by atoms with Gasteiger partial charge in [0.25, 0.3) is 5.91 Å². The minimum absolute atomic E-state index is 0.0668. The second kappa shape index (κ2) is 8.04. The summed E-state index contributed by atoms with van der Waals surface area (Å²) in [6, 6.07) is 5.96. The van der Waals surface area contributed by atoms with Crippen molar-refractivity contribution in [2.75, 3.05) is 25.0 Å². The van der Waals surface area contributed by atoms with Gasteiger partial charge in [-0.25, -0.2) is 4.98 Å². The number of anilines is 1. The zero-order valence-corrected chi connectivity index (χ0v) is 14.3. The number of para-hydroxylation sites is 2. The molecule has 2 N–H and O–H groups in total. The number of aromatic nitrogens is 1. The number of rotatable bonds is 6. The molecule has 2 heterocycles. The molecule has 1 aliphatic heterocycles. The lowest BCUT2D eigenvalue weighted by Gasteiger charge is -2.20. The molecule has 0 aliphatic carbocycles. The molecule has 2 aromatic rings. The quantitative estimate of drug-likeness (QED) is 0.604. The summed E-state index contributed by atoms with van der Waals surface area (Å²) in [7, 11) is 0. The molecule has 25 heavy (non-hydrogen) atoms. The number of carbonyl (C=O) groups is 1. The van der Waals surface area contributed by atoms with E-state index in [4.69, 9.17) is 4.74 Å². The van der Waals surface area contributed by atoms with Gasteiger partial charge in [0.2, 0.25) is 0 Å². The molecule has 8 nitrogen and oxygen atoms in total. The number of nitrogens with zero attached hydrogens (tertiary/aromatic N) is 2. The lowest BCUT2D eigenvalue weighted by Crippen LogP contribution is -2.26. The van der Waals surface area contributed by atoms with Crippen LogP contribution in [0.15, 0.2) is 30.5 Å². The second-order valence-corrected chi connectivity index (χ2v) is 6.72. The monoisotopic (exact) mass is 362 g/mol. The van der Waals surface area contributed by atoms with Crippen molar-refractivity contribution < 1.29 is 14.5 Å². The van der Waals surface area contributed by atoms with E-state index >= 15 is 0 Å². The van der Waals surface area contributed by atoms with Crippen LogP contribution in [0.4, 0.5) is 10.8 Å². The van der Waals surface area contributed by atoms with Gasteiger partial charge >= 0.3 is 5.69 Å². The molecule has 1 saturated heterocycles. The summed E-state index contributed by atoms with van der Waals surface area (Å²) in [4.78, 5) is 27.8. The third-order valence-electron chi connectivity index (χ3n) is 3.93. The van der Waals surface area contributed by atoms with Gasteiger partial charge in [-0.1, -0.05) is 12.1 Å². The number of nitrogens with one attached hydrogen (secondary N) is 2. The minimum Gasteiger partial charge on any atom is -0.477 e. The number of nitro benzene ring substituents is 1. The molecule has 3 rings (SSSR count). The fraction of sp³-hybridized carbons (Fsp3) is 0.375. The summed E-state index contributed by atoms with van der Waals surface area (Å²) in [5.74, 6) is 0.147. The van der Waals surface area contributed by atoms with Gasteiger partial charge in [0, 0.05) is 17.1 Å². The largest absolute Gasteiger partial charge is 0.477 e. The van der Waals surface area contributed by atoms with Gasteiger partial charge in [-0.15, -0.1) is 11.3 Å². The van der Waals surface area contributed by atoms with Crippen LogP contribution < -0.4 is 15.4 Å². The van der Waals surface area contributed by atoms with E-state index in [0.29, 0.717) is 11.0 Å². The minimum atomic E-state index is -0.542. The maximum absolute atomic E-state index is 12.0. The number of thiazole rings is 1. The van der Waals surface area contributed by atoms with Gasteiger partial charge in [-0.05, 0) is 37.9 Å². The van der Waals surface area contributed by atoms with E-state index in [1.807, 2.05) is 0 Å². The van der Waals surface area contributed by atoms with Gasteiger partial charge in [0.15, 0.2) is 17.5 Å². The van der Waals surface area contributed by atoms with E-state index in [2.05, 4.69) is 15.6 Å². The van der Waals surface area contributed by atoms with Crippen molar-refractivity contribution in [3.05, 3.63) is 45.5 Å². The van der Waals surface area contributed by atoms with Crippen molar-refractivity contribution in [3.63, 3.8) is 0 Å². The summed E-state index contributed by atoms with van der Waals surface area (Å²) in [5.41, 5.74) is -0.169. The van der Waals surface area contributed by atoms with Crippen LogP contribution in [0.1, 0.15) is 23.6 Å². The Hall–Kier alpha value is -2.52. The number of piperidine rings is 1. The van der Waals surface area contributed by atoms with E-state index in [0.717, 1.165) is 30.8 Å². The van der Waals surface area contributed by atoms with E-state index < -0.39 is 10.8 Å². The second-order valence-electron chi connectivity index (χ2n) is 5.65. The van der Waals surface area contributed by atoms with Crippen LogP contribution in [0.25, 0.3) is 0 Å². The molecule has 1 fully saturated rings. The molecule has 1 amide bonds. The predicted molar refractivity (Wildman–Crippen MR) is 94.2 cm³/mol. The van der Waals surface area contributed by atoms with Crippen molar-refractivity contribution in [2.24, 2.45) is 0 Å². The highest BCUT2D eigenvalue weighted by Crippen LogP contribution is 2.31. The highest BCUT2D eigenvalue weighted by atomic mass is 32.1. The Morgan fingerprint density at radius 2 is 2.16 bits per heavy atom. The van der Waals surface area contributed by atoms with Crippen molar-refractivity contribution >= 4 is 28.1 Å². The topological polar surface area (TPSA) is 106 Å². The standard InChI is InChI=1S/C16H18N4O4S/c21-15(10-24-13-4-2-1-3-12(13)20(22)23)19-16-18-9-14(25-16)11-5-7-17-8-6-11/h1-4,9,11,17H,5-8,10H2,(H,18,19,21). The van der Waals surface area contributed by atoms with E-state index in [-0.39, 0.29) is 18.0 Å². The van der Waals surface area contributed by atoms with Gasteiger partial charge in [0.1, 0.15) is 0 Å². The SMILES string of the molecule is O=C(COc1ccccc1[N+](=O)[O-])Nc1ncc(C2CCNCC2)s1. The summed E-state index contributed by atoms with van der Waals surface area (Å²) in [5, 5.41) is 17.4. The van der Waals surface area contributed by atoms with Gasteiger partial charge in [-0.2, -0.15) is 0 Å². The fourth-order valence-corrected chi connectivity index (χ4v) is 3.67. The maximum Gasteiger partial charge on any atom is 0.310 e. The van der Waals surface area contributed by atoms with Crippen LogP contribution in [-0.2, 0) is 4.79 Å². The molecule has 1 aromatic carbocycles. The Kier molecular flexibility index (Phi) is 5.56. The first-order chi connectivity index (χ1) is 12.1. The summed E-state index contributed by atoms with van der Waals surface area (Å²) in [6.07, 6.45) is 3.94. The third kappa shape index (κ3) is 4.52. The van der Waals surface area contributed by atoms with Crippen LogP contribution >= 0.6 is 11.3 Å². The van der Waals surface area contributed by atoms with Gasteiger partial charge in [0.05, 0.1) is 4.92 Å². The van der Waals surface area contributed by atoms with Crippen LogP contribution in [0.5, 0.6) is 5.75 Å². The molecule has 132 valence electrons. The molecule has 9 heteroatoms. The molecular weight excluding hydrogens is 344 g/mol. The normalized spacial score (nSPS) is 14.9. The molecule has 0 radical (unpaired) electrons. The summed E-state index contributed by atoms with van der Waals surface area (Å²) < 4.78 is 5.27. The van der Waals surface area contributed by atoms with Crippen LogP contribution in [0.2, 0.25) is 0 Å². The Balaban J connectivity index is 1.55. The number of benzene rings is 1. The molecule has 0 atom stereocenters. The van der Waals surface area contributed by atoms with E-state index in [1.165, 1.54) is 23.5 Å². The van der Waals surface area contributed by atoms with Gasteiger partial charge < -0.3 is 10.1 Å². The molecule has 0 spiro atoms. The number of hydrogen-bond acceptors (Lipinski definition) is 7. The van der Waals surface area contributed by atoms with Crippen LogP contribution in [0, 0.1) is 10.1 Å². The van der Waals surface area contributed by atoms with Crippen molar-refractivity contribution in [2.45, 2.75) is 18.8 Å². The molecule has 1 aliphatic rings. The smallest absolute Gasteiger partial charge is 0.310 e. The first-order valence-electron chi connectivity index (χ1n) is 7.96. The third-order valence-corrected chi connectivity index (χ3v) is 5.01. The van der Waals surface area contributed by atoms with Crippen molar-refractivity contribution in [3.8, 4) is 5.75 Å². The number of hydrogen-bond donors (Lipinski definition) is 2. The first kappa shape index (κ1) is 17.3. The first-order valence-corrected chi connectivity index (χ1v) is 8.77. The Morgan fingerprint density at radius 3 is 2.92 bits per heavy atom. The van der Waals surface area contributed by atoms with Crippen molar-refractivity contribution in [1.82, 2.24) is 10.3 Å². The zero-order chi connectivity index (χ0) is 17.6. The molecule has 0 unspecified atom stereocenters. The Bertz CT molecular complexity index is 758. The van der Waals surface area contributed by atoms with E-state index in [9.17, 15) is 14.9 Å². The average molecular weight is 362 g/mol. The van der Waals surface area contributed by atoms with Crippen LogP contribution in [-0.4, -0.2) is 35.5 Å². The number of carbonyl (C=O) groups excluding carboxylic acids is 1. The maximum atomic E-state index is 12.0. The summed E-state index contributed by atoms with van der Waals surface area (Å²) in [6.45, 7) is 1.68. The highest BCUT2D eigenvalue weighted by Gasteiger charge is 2.19. The van der Waals surface area contributed by atoms with Gasteiger partial charge in [-0.3, -0.25) is 20.2 Å². The van der Waals surface area contributed by atoms with E-state index in [1.54, 1.807) is 18.3 Å².